The third-order valence-electron chi connectivity index (χ3n) is 6.67. The molecule has 3 N–H and O–H groups in total. The number of benzene rings is 4. The number of rotatable bonds is 7. The maximum atomic E-state index is 13.7. The number of methoxy groups -OCH3 is 1. The molecular formula is C31H25N3O6. The first kappa shape index (κ1) is 26.2. The van der Waals surface area contributed by atoms with Crippen LogP contribution in [0, 0.1) is 0 Å². The predicted octanol–water partition coefficient (Wildman–Crippen LogP) is 5.60. The van der Waals surface area contributed by atoms with Crippen molar-refractivity contribution >= 4 is 40.6 Å². The molecule has 0 spiro atoms. The SMILES string of the molecule is CCc1ccc(N2C(=O)/C(=N\Nc3cccc(-c4cccc(C(=O)O)c4)c3O)c3cc(C(=O)OC)ccc32)cc1. The van der Waals surface area contributed by atoms with E-state index in [0.29, 0.717) is 28.1 Å². The second-order valence-corrected chi connectivity index (χ2v) is 9.04. The first-order chi connectivity index (χ1) is 19.3. The Morgan fingerprint density at radius 1 is 0.925 bits per heavy atom. The van der Waals surface area contributed by atoms with Crippen LogP contribution in [-0.4, -0.2) is 40.9 Å². The lowest BCUT2D eigenvalue weighted by atomic mass is 10.0. The summed E-state index contributed by atoms with van der Waals surface area (Å²) in [6.07, 6.45) is 0.854. The lowest BCUT2D eigenvalue weighted by molar-refractivity contribution is -0.111. The number of carboxylic acids is 1. The van der Waals surface area contributed by atoms with Gasteiger partial charge in [0.2, 0.25) is 0 Å². The first-order valence-electron chi connectivity index (χ1n) is 12.5. The zero-order valence-corrected chi connectivity index (χ0v) is 21.7. The molecule has 9 nitrogen and oxygen atoms in total. The zero-order valence-electron chi connectivity index (χ0n) is 21.7. The number of hydrazone groups is 1. The lowest BCUT2D eigenvalue weighted by Crippen LogP contribution is -2.26. The van der Waals surface area contributed by atoms with Crippen molar-refractivity contribution in [2.45, 2.75) is 13.3 Å². The van der Waals surface area contributed by atoms with Gasteiger partial charge in [-0.25, -0.2) is 9.59 Å². The summed E-state index contributed by atoms with van der Waals surface area (Å²) in [5.41, 5.74) is 6.98. The molecule has 0 aromatic heterocycles. The second-order valence-electron chi connectivity index (χ2n) is 9.04. The summed E-state index contributed by atoms with van der Waals surface area (Å²) in [7, 11) is 1.28. The van der Waals surface area contributed by atoms with E-state index in [2.05, 4.69) is 10.5 Å². The van der Waals surface area contributed by atoms with Gasteiger partial charge in [-0.15, -0.1) is 0 Å². The van der Waals surface area contributed by atoms with E-state index in [1.165, 1.54) is 24.1 Å². The fourth-order valence-electron chi connectivity index (χ4n) is 4.54. The average Bonchev–Trinajstić information content (AvgIpc) is 3.26. The smallest absolute Gasteiger partial charge is 0.337 e. The molecular weight excluding hydrogens is 510 g/mol. The Balaban J connectivity index is 1.55. The Morgan fingerprint density at radius 2 is 1.68 bits per heavy atom. The molecule has 4 aromatic rings. The largest absolute Gasteiger partial charge is 0.505 e. The van der Waals surface area contributed by atoms with Crippen LogP contribution in [0.5, 0.6) is 5.75 Å². The number of fused-ring (bicyclic) bond motifs is 1. The maximum absolute atomic E-state index is 13.7. The van der Waals surface area contributed by atoms with Crippen molar-refractivity contribution in [3.05, 3.63) is 107 Å². The number of esters is 1. The number of hydrogen-bond donors (Lipinski definition) is 3. The molecule has 1 aliphatic rings. The number of carbonyl (C=O) groups excluding carboxylic acids is 2. The highest BCUT2D eigenvalue weighted by molar-refractivity contribution is 6.56. The molecule has 0 radical (unpaired) electrons. The summed E-state index contributed by atoms with van der Waals surface area (Å²) >= 11 is 0. The number of para-hydroxylation sites is 1. The maximum Gasteiger partial charge on any atom is 0.337 e. The molecule has 5 rings (SSSR count). The standard InChI is InChI=1S/C31H25N3O6/c1-3-18-10-13-22(14-11-18)34-26-15-12-21(31(39)40-2)17-24(26)27(29(34)36)33-32-25-9-5-8-23(28(25)35)19-6-4-7-20(16-19)30(37)38/h4-17,32,35H,3H2,1-2H3,(H,37,38)/b33-27-. The highest BCUT2D eigenvalue weighted by Gasteiger charge is 2.36. The number of hydrogen-bond acceptors (Lipinski definition) is 7. The van der Waals surface area contributed by atoms with Crippen molar-refractivity contribution in [3.63, 3.8) is 0 Å². The molecule has 0 bridgehead atoms. The normalized spacial score (nSPS) is 13.3. The second kappa shape index (κ2) is 10.7. The number of amides is 1. The molecule has 200 valence electrons. The molecule has 40 heavy (non-hydrogen) atoms. The molecule has 0 saturated heterocycles. The van der Waals surface area contributed by atoms with Gasteiger partial charge < -0.3 is 14.9 Å². The first-order valence-corrected chi connectivity index (χ1v) is 12.5. The Morgan fingerprint density at radius 3 is 2.38 bits per heavy atom. The van der Waals surface area contributed by atoms with Gasteiger partial charge in [-0.3, -0.25) is 15.1 Å². The monoisotopic (exact) mass is 535 g/mol. The molecule has 1 heterocycles. The molecule has 1 amide bonds. The Kier molecular flexibility index (Phi) is 7.03. The molecule has 0 aliphatic carbocycles. The van der Waals surface area contributed by atoms with E-state index in [0.717, 1.165) is 12.0 Å². The average molecular weight is 536 g/mol. The number of phenols is 1. The fourth-order valence-corrected chi connectivity index (χ4v) is 4.54. The van der Waals surface area contributed by atoms with E-state index < -0.39 is 17.8 Å². The minimum atomic E-state index is -1.08. The minimum absolute atomic E-state index is 0.0398. The Hall–Kier alpha value is -5.44. The van der Waals surface area contributed by atoms with Crippen LogP contribution in [0.1, 0.15) is 38.8 Å². The molecule has 9 heteroatoms. The van der Waals surface area contributed by atoms with Crippen LogP contribution in [0.3, 0.4) is 0 Å². The van der Waals surface area contributed by atoms with Gasteiger partial charge in [0.15, 0.2) is 5.71 Å². The van der Waals surface area contributed by atoms with Gasteiger partial charge >= 0.3 is 11.9 Å². The van der Waals surface area contributed by atoms with Crippen LogP contribution in [0.15, 0.2) is 90.0 Å². The number of aryl methyl sites for hydroxylation is 1. The fraction of sp³-hybridized carbons (Fsp3) is 0.0968. The number of nitrogens with one attached hydrogen (secondary N) is 1. The van der Waals surface area contributed by atoms with Crippen molar-refractivity contribution in [2.24, 2.45) is 5.10 Å². The molecule has 0 atom stereocenters. The van der Waals surface area contributed by atoms with Crippen LogP contribution in [0.2, 0.25) is 0 Å². The molecule has 4 aromatic carbocycles. The van der Waals surface area contributed by atoms with Crippen LogP contribution in [0.25, 0.3) is 11.1 Å². The lowest BCUT2D eigenvalue weighted by Gasteiger charge is -2.17. The summed E-state index contributed by atoms with van der Waals surface area (Å²) in [5, 5.41) is 24.7. The van der Waals surface area contributed by atoms with Crippen LogP contribution < -0.4 is 10.3 Å². The Labute approximate surface area is 230 Å². The summed E-state index contributed by atoms with van der Waals surface area (Å²) < 4.78 is 4.86. The number of ether oxygens (including phenoxy) is 1. The number of nitrogens with zero attached hydrogens (tertiary/aromatic N) is 2. The predicted molar refractivity (Wildman–Crippen MR) is 151 cm³/mol. The number of aromatic carboxylic acids is 1. The van der Waals surface area contributed by atoms with E-state index in [9.17, 15) is 24.6 Å². The number of carbonyl (C=O) groups is 3. The number of anilines is 3. The van der Waals surface area contributed by atoms with Crippen LogP contribution >= 0.6 is 0 Å². The quantitative estimate of drug-likeness (QED) is 0.160. The third-order valence-corrected chi connectivity index (χ3v) is 6.67. The third kappa shape index (κ3) is 4.76. The van der Waals surface area contributed by atoms with Crippen molar-refractivity contribution in [3.8, 4) is 16.9 Å². The van der Waals surface area contributed by atoms with Crippen molar-refractivity contribution in [1.82, 2.24) is 0 Å². The van der Waals surface area contributed by atoms with Gasteiger partial charge in [-0.05, 0) is 66.1 Å². The minimum Gasteiger partial charge on any atom is -0.505 e. The zero-order chi connectivity index (χ0) is 28.4. The molecule has 0 fully saturated rings. The van der Waals surface area contributed by atoms with Crippen LogP contribution in [-0.2, 0) is 16.0 Å². The van der Waals surface area contributed by atoms with Crippen molar-refractivity contribution < 1.29 is 29.3 Å². The molecule has 1 aliphatic heterocycles. The highest BCUT2D eigenvalue weighted by atomic mass is 16.5. The topological polar surface area (TPSA) is 129 Å². The number of aromatic hydroxyl groups is 1. The molecule has 0 unspecified atom stereocenters. The summed E-state index contributed by atoms with van der Waals surface area (Å²) in [6.45, 7) is 2.05. The van der Waals surface area contributed by atoms with Gasteiger partial charge in [-0.2, -0.15) is 5.10 Å². The van der Waals surface area contributed by atoms with E-state index in [4.69, 9.17) is 4.74 Å². The van der Waals surface area contributed by atoms with E-state index in [-0.39, 0.29) is 28.3 Å². The van der Waals surface area contributed by atoms with Gasteiger partial charge in [-0.1, -0.05) is 43.3 Å². The van der Waals surface area contributed by atoms with Gasteiger partial charge in [0.05, 0.1) is 29.6 Å². The van der Waals surface area contributed by atoms with Crippen LogP contribution in [0.4, 0.5) is 17.1 Å². The summed E-state index contributed by atoms with van der Waals surface area (Å²) in [5.74, 6) is -2.23. The van der Waals surface area contributed by atoms with Gasteiger partial charge in [0.25, 0.3) is 5.91 Å². The Bertz CT molecular complexity index is 1680. The van der Waals surface area contributed by atoms with Gasteiger partial charge in [0, 0.05) is 16.8 Å². The number of carboxylic acid groups (broad SMARTS) is 1. The molecule has 0 saturated carbocycles. The highest BCUT2D eigenvalue weighted by Crippen LogP contribution is 2.38. The van der Waals surface area contributed by atoms with E-state index >= 15 is 0 Å². The van der Waals surface area contributed by atoms with Gasteiger partial charge in [0.1, 0.15) is 5.75 Å². The van der Waals surface area contributed by atoms with Crippen molar-refractivity contribution in [2.75, 3.05) is 17.4 Å². The van der Waals surface area contributed by atoms with E-state index in [1.807, 2.05) is 31.2 Å². The van der Waals surface area contributed by atoms with Crippen molar-refractivity contribution in [1.29, 1.82) is 0 Å². The summed E-state index contributed by atoms with van der Waals surface area (Å²) in [4.78, 5) is 38.8. The van der Waals surface area contributed by atoms with E-state index in [1.54, 1.807) is 48.5 Å². The number of phenolic OH excluding ortho intramolecular Hbond substituents is 1. The summed E-state index contributed by atoms with van der Waals surface area (Å²) in [6, 6.07) is 23.5.